The van der Waals surface area contributed by atoms with Crippen molar-refractivity contribution >= 4 is 16.9 Å². The molecule has 0 bridgehead atoms. The molecule has 0 aliphatic rings. The molecule has 34 heavy (non-hydrogen) atoms. The lowest BCUT2D eigenvalue weighted by Crippen LogP contribution is -2.09. The number of nitrogens with zero attached hydrogens (tertiary/aromatic N) is 6. The zero-order valence-corrected chi connectivity index (χ0v) is 19.1. The van der Waals surface area contributed by atoms with E-state index < -0.39 is 11.7 Å². The smallest absolute Gasteiger partial charge is 0.382 e. The molecule has 10 heteroatoms. The average molecular weight is 472 g/mol. The Balaban J connectivity index is 1.60. The maximum atomic E-state index is 13.9. The third-order valence-corrected chi connectivity index (χ3v) is 5.74. The van der Waals surface area contributed by atoms with Crippen LogP contribution in [-0.4, -0.2) is 29.8 Å². The maximum Gasteiger partial charge on any atom is 0.417 e. The van der Waals surface area contributed by atoms with Gasteiger partial charge in [0, 0.05) is 12.1 Å². The number of aromatic nitrogens is 6. The molecule has 0 saturated heterocycles. The first-order valence-electron chi connectivity index (χ1n) is 11.6. The Morgan fingerprint density at radius 2 is 1.74 bits per heavy atom. The number of nitrogen functional groups attached to an aromatic ring is 1. The largest absolute Gasteiger partial charge is 0.417 e. The second kappa shape index (κ2) is 10.2. The number of hydrogen-bond donors (Lipinski definition) is 1. The first kappa shape index (κ1) is 23.7. The van der Waals surface area contributed by atoms with Crippen molar-refractivity contribution in [2.45, 2.75) is 64.7 Å². The molecule has 7 nitrogen and oxygen atoms in total. The molecule has 4 aromatic rings. The molecular weight excluding hydrogens is 443 g/mol. The van der Waals surface area contributed by atoms with Gasteiger partial charge in [-0.1, -0.05) is 74.6 Å². The van der Waals surface area contributed by atoms with Crippen LogP contribution in [-0.2, 0) is 19.3 Å². The summed E-state index contributed by atoms with van der Waals surface area (Å²) in [4.78, 5) is 4.49. The summed E-state index contributed by atoms with van der Waals surface area (Å²) in [6.07, 6.45) is 4.23. The molecule has 0 aliphatic carbocycles. The molecule has 180 valence electrons. The molecule has 0 atom stereocenters. The number of benzene rings is 1. The minimum absolute atomic E-state index is 0.0663. The predicted molar refractivity (Wildman–Crippen MR) is 125 cm³/mol. The fraction of sp³-hybridized carbons (Fsp3) is 0.417. The topological polar surface area (TPSA) is 87.4 Å². The summed E-state index contributed by atoms with van der Waals surface area (Å²) in [5, 5.41) is 12.3. The predicted octanol–water partition coefficient (Wildman–Crippen LogP) is 5.70. The Morgan fingerprint density at radius 1 is 1.00 bits per heavy atom. The fourth-order valence-electron chi connectivity index (χ4n) is 4.02. The molecule has 0 amide bonds. The van der Waals surface area contributed by atoms with Gasteiger partial charge >= 0.3 is 6.18 Å². The monoisotopic (exact) mass is 471 g/mol. The van der Waals surface area contributed by atoms with E-state index in [1.54, 1.807) is 41.2 Å². The van der Waals surface area contributed by atoms with Crippen LogP contribution in [0.2, 0.25) is 0 Å². The Hall–Kier alpha value is -3.43. The van der Waals surface area contributed by atoms with Crippen LogP contribution in [0.25, 0.3) is 22.3 Å². The van der Waals surface area contributed by atoms with Gasteiger partial charge in [0.25, 0.3) is 0 Å². The standard InChI is InChI=1S/C24H28F3N7/c1-2-3-4-5-6-10-13-33-15-18(30-32-33)16-34-23-21(22(28)31-34)19(24(25,26)27)14-20(29-23)17-11-8-7-9-12-17/h7-9,11-12,14-15H,2-6,10,13,16H2,1H3,(H2,28,31). The van der Waals surface area contributed by atoms with Crippen molar-refractivity contribution in [3.63, 3.8) is 0 Å². The summed E-state index contributed by atoms with van der Waals surface area (Å²) < 4.78 is 44.8. The summed E-state index contributed by atoms with van der Waals surface area (Å²) >= 11 is 0. The minimum atomic E-state index is -4.60. The molecule has 3 aromatic heterocycles. The van der Waals surface area contributed by atoms with Gasteiger partial charge in [0.2, 0.25) is 0 Å². The normalized spacial score (nSPS) is 12.0. The number of unbranched alkanes of at least 4 members (excludes halogenated alkanes) is 5. The number of rotatable bonds is 10. The van der Waals surface area contributed by atoms with E-state index in [1.807, 2.05) is 0 Å². The average Bonchev–Trinajstić information content (AvgIpc) is 3.39. The Bertz CT molecular complexity index is 1230. The number of alkyl halides is 3. The van der Waals surface area contributed by atoms with Gasteiger partial charge in [-0.3, -0.25) is 4.68 Å². The van der Waals surface area contributed by atoms with Crippen molar-refractivity contribution < 1.29 is 13.2 Å². The summed E-state index contributed by atoms with van der Waals surface area (Å²) in [5.74, 6) is -0.214. The first-order valence-corrected chi connectivity index (χ1v) is 11.6. The lowest BCUT2D eigenvalue weighted by Gasteiger charge is -2.11. The van der Waals surface area contributed by atoms with Gasteiger partial charge in [-0.15, -0.1) is 5.10 Å². The van der Waals surface area contributed by atoms with Gasteiger partial charge in [-0.25, -0.2) is 9.67 Å². The summed E-state index contributed by atoms with van der Waals surface area (Å²) in [6, 6.07) is 9.75. The molecule has 0 saturated carbocycles. The highest BCUT2D eigenvalue weighted by atomic mass is 19.4. The van der Waals surface area contributed by atoms with Crippen molar-refractivity contribution in [3.05, 3.63) is 53.9 Å². The van der Waals surface area contributed by atoms with E-state index in [4.69, 9.17) is 5.73 Å². The molecule has 0 spiro atoms. The number of halogens is 3. The van der Waals surface area contributed by atoms with Crippen LogP contribution in [0.1, 0.15) is 56.7 Å². The number of fused-ring (bicyclic) bond motifs is 1. The van der Waals surface area contributed by atoms with Gasteiger partial charge in [0.1, 0.15) is 5.69 Å². The van der Waals surface area contributed by atoms with Crippen LogP contribution in [0.4, 0.5) is 19.0 Å². The molecule has 0 aliphatic heterocycles. The summed E-state index contributed by atoms with van der Waals surface area (Å²) in [7, 11) is 0. The Kier molecular flexibility index (Phi) is 7.14. The molecule has 0 radical (unpaired) electrons. The highest BCUT2D eigenvalue weighted by Crippen LogP contribution is 2.39. The lowest BCUT2D eigenvalue weighted by molar-refractivity contribution is -0.136. The summed E-state index contributed by atoms with van der Waals surface area (Å²) in [5.41, 5.74) is 6.49. The van der Waals surface area contributed by atoms with Crippen LogP contribution < -0.4 is 5.73 Å². The number of nitrogens with two attached hydrogens (primary N) is 1. The van der Waals surface area contributed by atoms with Crippen LogP contribution in [0.15, 0.2) is 42.6 Å². The second-order valence-corrected chi connectivity index (χ2v) is 8.40. The van der Waals surface area contributed by atoms with Gasteiger partial charge in [-0.2, -0.15) is 18.3 Å². The molecule has 3 heterocycles. The van der Waals surface area contributed by atoms with Gasteiger partial charge in [-0.05, 0) is 12.5 Å². The van der Waals surface area contributed by atoms with Crippen LogP contribution >= 0.6 is 0 Å². The lowest BCUT2D eigenvalue weighted by atomic mass is 10.1. The number of hydrogen-bond acceptors (Lipinski definition) is 5. The zero-order chi connectivity index (χ0) is 24.1. The van der Waals surface area contributed by atoms with Crippen LogP contribution in [0.3, 0.4) is 0 Å². The van der Waals surface area contributed by atoms with E-state index >= 15 is 0 Å². The van der Waals surface area contributed by atoms with Crippen molar-refractivity contribution in [3.8, 4) is 11.3 Å². The van der Waals surface area contributed by atoms with Crippen molar-refractivity contribution in [1.82, 2.24) is 29.8 Å². The van der Waals surface area contributed by atoms with Crippen molar-refractivity contribution in [2.24, 2.45) is 0 Å². The van der Waals surface area contributed by atoms with Crippen molar-refractivity contribution in [2.75, 3.05) is 5.73 Å². The Morgan fingerprint density at radius 3 is 2.47 bits per heavy atom. The van der Waals surface area contributed by atoms with Gasteiger partial charge < -0.3 is 5.73 Å². The van der Waals surface area contributed by atoms with Gasteiger partial charge in [0.05, 0.1) is 29.4 Å². The summed E-state index contributed by atoms with van der Waals surface area (Å²) in [6.45, 7) is 3.05. The molecule has 2 N–H and O–H groups in total. The maximum absolute atomic E-state index is 13.9. The number of pyridine rings is 1. The highest BCUT2D eigenvalue weighted by molar-refractivity contribution is 5.92. The van der Waals surface area contributed by atoms with E-state index in [0.29, 0.717) is 11.3 Å². The first-order chi connectivity index (χ1) is 16.4. The SMILES string of the molecule is CCCCCCCCn1cc(Cn2nc(N)c3c(C(F)(F)F)cc(-c4ccccc4)nc32)nn1. The molecule has 0 unspecified atom stereocenters. The van der Waals surface area contributed by atoms with E-state index in [2.05, 4.69) is 27.3 Å². The molecular formula is C24H28F3N7. The zero-order valence-electron chi connectivity index (χ0n) is 19.1. The molecule has 1 aromatic carbocycles. The quantitative estimate of drug-likeness (QED) is 0.300. The number of anilines is 1. The van der Waals surface area contributed by atoms with E-state index in [-0.39, 0.29) is 29.1 Å². The van der Waals surface area contributed by atoms with Crippen LogP contribution in [0, 0.1) is 0 Å². The van der Waals surface area contributed by atoms with E-state index in [0.717, 1.165) is 25.5 Å². The fourth-order valence-corrected chi connectivity index (χ4v) is 4.02. The van der Waals surface area contributed by atoms with Crippen molar-refractivity contribution in [1.29, 1.82) is 0 Å². The molecule has 0 fully saturated rings. The van der Waals surface area contributed by atoms with Gasteiger partial charge in [0.15, 0.2) is 11.5 Å². The second-order valence-electron chi connectivity index (χ2n) is 8.40. The van der Waals surface area contributed by atoms with E-state index in [1.165, 1.54) is 30.4 Å². The minimum Gasteiger partial charge on any atom is -0.382 e. The third-order valence-electron chi connectivity index (χ3n) is 5.74. The van der Waals surface area contributed by atoms with Crippen LogP contribution in [0.5, 0.6) is 0 Å². The Labute approximate surface area is 195 Å². The third kappa shape index (κ3) is 5.37. The highest BCUT2D eigenvalue weighted by Gasteiger charge is 2.36. The molecule has 4 rings (SSSR count). The van der Waals surface area contributed by atoms with E-state index in [9.17, 15) is 13.2 Å². The number of aryl methyl sites for hydroxylation is 1.